The summed E-state index contributed by atoms with van der Waals surface area (Å²) < 4.78 is 2.35. The fourth-order valence-electron chi connectivity index (χ4n) is 3.85. The number of hydrogen-bond donors (Lipinski definition) is 0. The van der Waals surface area contributed by atoms with Crippen LogP contribution in [0, 0.1) is 11.3 Å². The van der Waals surface area contributed by atoms with Gasteiger partial charge >= 0.3 is 0 Å². The largest absolute Gasteiger partial charge is 0.303 e. The van der Waals surface area contributed by atoms with Crippen molar-refractivity contribution in [3.63, 3.8) is 0 Å². The van der Waals surface area contributed by atoms with Crippen molar-refractivity contribution in [1.29, 1.82) is 5.26 Å². The molecule has 4 nitrogen and oxygen atoms in total. The van der Waals surface area contributed by atoms with E-state index >= 15 is 0 Å². The van der Waals surface area contributed by atoms with Crippen LogP contribution in [0.25, 0.3) is 0 Å². The van der Waals surface area contributed by atoms with Gasteiger partial charge in [-0.3, -0.25) is 0 Å². The highest BCUT2D eigenvalue weighted by Crippen LogP contribution is 2.35. The maximum Gasteiger partial charge on any atom is 0.192 e. The third-order valence-electron chi connectivity index (χ3n) is 5.24. The molecule has 0 bridgehead atoms. The lowest BCUT2D eigenvalue weighted by Gasteiger charge is -2.26. The molecule has 1 saturated carbocycles. The molecular formula is C22H24N4S2. The molecule has 1 aliphatic carbocycles. The quantitative estimate of drug-likeness (QED) is 0.473. The predicted octanol–water partition coefficient (Wildman–Crippen LogP) is 5.66. The van der Waals surface area contributed by atoms with Crippen LogP contribution >= 0.6 is 23.1 Å². The molecule has 0 N–H and O–H groups in total. The molecule has 6 heteroatoms. The zero-order chi connectivity index (χ0) is 19.2. The van der Waals surface area contributed by atoms with Gasteiger partial charge in [0.05, 0.1) is 6.07 Å². The van der Waals surface area contributed by atoms with Crippen LogP contribution in [0.4, 0.5) is 0 Å². The van der Waals surface area contributed by atoms with Crippen LogP contribution in [0.5, 0.6) is 0 Å². The summed E-state index contributed by atoms with van der Waals surface area (Å²) in [5.74, 6) is 1.04. The van der Waals surface area contributed by atoms with E-state index in [1.54, 1.807) is 23.1 Å². The molecular weight excluding hydrogens is 384 g/mol. The molecule has 1 aromatic carbocycles. The van der Waals surface area contributed by atoms with Crippen LogP contribution in [-0.4, -0.2) is 20.0 Å². The first-order valence-electron chi connectivity index (χ1n) is 9.90. The highest BCUT2D eigenvalue weighted by atomic mass is 32.2. The number of aromatic nitrogens is 3. The van der Waals surface area contributed by atoms with Crippen LogP contribution < -0.4 is 0 Å². The minimum absolute atomic E-state index is 0.163. The molecule has 3 aromatic rings. The summed E-state index contributed by atoms with van der Waals surface area (Å²) in [6.45, 7) is 0. The van der Waals surface area contributed by atoms with Gasteiger partial charge in [-0.2, -0.15) is 5.26 Å². The summed E-state index contributed by atoms with van der Waals surface area (Å²) in [5, 5.41) is 21.7. The molecule has 0 radical (unpaired) electrons. The first kappa shape index (κ1) is 19.2. The van der Waals surface area contributed by atoms with Crippen LogP contribution in [-0.2, 0) is 12.8 Å². The molecule has 0 aliphatic heterocycles. The number of rotatable bonds is 7. The summed E-state index contributed by atoms with van der Waals surface area (Å²) in [5.41, 5.74) is 1.18. The van der Waals surface area contributed by atoms with E-state index in [1.165, 1.54) is 42.5 Å². The topological polar surface area (TPSA) is 54.5 Å². The second-order valence-corrected chi connectivity index (χ2v) is 9.44. The monoisotopic (exact) mass is 408 g/mol. The van der Waals surface area contributed by atoms with Crippen molar-refractivity contribution < 1.29 is 0 Å². The normalized spacial score (nSPS) is 16.0. The zero-order valence-electron chi connectivity index (χ0n) is 15.8. The van der Waals surface area contributed by atoms with E-state index in [9.17, 15) is 5.26 Å². The molecule has 0 saturated heterocycles. The van der Waals surface area contributed by atoms with Gasteiger partial charge in [-0.25, -0.2) is 0 Å². The van der Waals surface area contributed by atoms with Crippen LogP contribution in [0.15, 0.2) is 53.0 Å². The Morgan fingerprint density at radius 2 is 1.93 bits per heavy atom. The average molecular weight is 409 g/mol. The van der Waals surface area contributed by atoms with E-state index in [-0.39, 0.29) is 5.25 Å². The molecule has 2 heterocycles. The van der Waals surface area contributed by atoms with Gasteiger partial charge in [0.15, 0.2) is 5.16 Å². The molecule has 2 aromatic heterocycles. The molecule has 1 atom stereocenters. The third-order valence-corrected chi connectivity index (χ3v) is 7.17. The Hall–Kier alpha value is -2.10. The highest BCUT2D eigenvalue weighted by Gasteiger charge is 2.25. The Morgan fingerprint density at radius 3 is 2.64 bits per heavy atom. The maximum atomic E-state index is 9.74. The van der Waals surface area contributed by atoms with Gasteiger partial charge in [-0.05, 0) is 36.3 Å². The maximum absolute atomic E-state index is 9.74. The van der Waals surface area contributed by atoms with Gasteiger partial charge in [0, 0.05) is 17.3 Å². The Morgan fingerprint density at radius 1 is 1.11 bits per heavy atom. The number of nitriles is 1. The molecule has 0 spiro atoms. The Bertz CT molecular complexity index is 906. The van der Waals surface area contributed by atoms with Crippen molar-refractivity contribution in [2.75, 3.05) is 0 Å². The summed E-state index contributed by atoms with van der Waals surface area (Å²) in [4.78, 5) is 1.31. The SMILES string of the molecule is N#C[C@H](Cc1ccccc1)Sc1nnc(Cc2cccs2)n1C1CCCCC1. The van der Waals surface area contributed by atoms with E-state index in [0.29, 0.717) is 6.04 Å². The molecule has 1 aliphatic rings. The van der Waals surface area contributed by atoms with Gasteiger partial charge in [0.2, 0.25) is 0 Å². The van der Waals surface area contributed by atoms with E-state index in [2.05, 4.69) is 50.5 Å². The standard InChI is InChI=1S/C22H24N4S2/c23-16-20(14-17-8-3-1-4-9-17)28-22-25-24-21(15-19-12-7-13-27-19)26(22)18-10-5-2-6-11-18/h1,3-4,7-9,12-13,18,20H,2,5-6,10-11,14-15H2/t20-/m0/s1. The van der Waals surface area contributed by atoms with Crippen molar-refractivity contribution in [3.05, 3.63) is 64.1 Å². The summed E-state index contributed by atoms with van der Waals surface area (Å²) in [6.07, 6.45) is 7.74. The van der Waals surface area contributed by atoms with Gasteiger partial charge in [-0.1, -0.05) is 67.4 Å². The lowest BCUT2D eigenvalue weighted by Crippen LogP contribution is -2.17. The fraction of sp³-hybridized carbons (Fsp3) is 0.409. The van der Waals surface area contributed by atoms with Crippen molar-refractivity contribution in [1.82, 2.24) is 14.8 Å². The predicted molar refractivity (Wildman–Crippen MR) is 115 cm³/mol. The summed E-state index contributed by atoms with van der Waals surface area (Å²) in [6, 6.07) is 17.4. The number of nitrogens with zero attached hydrogens (tertiary/aromatic N) is 4. The molecule has 0 amide bonds. The Labute approximate surface area is 174 Å². The number of benzene rings is 1. The lowest BCUT2D eigenvalue weighted by molar-refractivity contribution is 0.330. The average Bonchev–Trinajstić information content (AvgIpc) is 3.39. The van der Waals surface area contributed by atoms with Crippen LogP contribution in [0.1, 0.15) is 54.4 Å². The number of thioether (sulfide) groups is 1. The molecule has 0 unspecified atom stereocenters. The van der Waals surface area contributed by atoms with Crippen molar-refractivity contribution in [2.45, 2.75) is 61.4 Å². The second-order valence-electron chi connectivity index (χ2n) is 7.24. The third kappa shape index (κ3) is 4.65. The van der Waals surface area contributed by atoms with Crippen LogP contribution in [0.3, 0.4) is 0 Å². The Kier molecular flexibility index (Phi) is 6.45. The van der Waals surface area contributed by atoms with Gasteiger partial charge in [0.1, 0.15) is 11.1 Å². The molecule has 144 valence electrons. The first-order chi connectivity index (χ1) is 13.8. The lowest BCUT2D eigenvalue weighted by atomic mass is 9.95. The molecule has 1 fully saturated rings. The molecule has 4 rings (SSSR count). The zero-order valence-corrected chi connectivity index (χ0v) is 17.5. The minimum Gasteiger partial charge on any atom is -0.303 e. The van der Waals surface area contributed by atoms with Crippen LogP contribution in [0.2, 0.25) is 0 Å². The summed E-state index contributed by atoms with van der Waals surface area (Å²) in [7, 11) is 0. The number of thiophene rings is 1. The van der Waals surface area contributed by atoms with E-state index in [4.69, 9.17) is 0 Å². The molecule has 28 heavy (non-hydrogen) atoms. The number of hydrogen-bond acceptors (Lipinski definition) is 5. The van der Waals surface area contributed by atoms with Crippen molar-refractivity contribution in [2.24, 2.45) is 0 Å². The van der Waals surface area contributed by atoms with Crippen molar-refractivity contribution in [3.8, 4) is 6.07 Å². The first-order valence-corrected chi connectivity index (χ1v) is 11.7. The minimum atomic E-state index is -0.163. The van der Waals surface area contributed by atoms with Gasteiger partial charge in [0.25, 0.3) is 0 Å². The Balaban J connectivity index is 1.58. The van der Waals surface area contributed by atoms with E-state index < -0.39 is 0 Å². The smallest absolute Gasteiger partial charge is 0.192 e. The fourth-order valence-corrected chi connectivity index (χ4v) is 5.59. The van der Waals surface area contributed by atoms with E-state index in [0.717, 1.165) is 23.8 Å². The van der Waals surface area contributed by atoms with E-state index in [1.807, 2.05) is 18.2 Å². The highest BCUT2D eigenvalue weighted by molar-refractivity contribution is 8.00. The second kappa shape index (κ2) is 9.40. The van der Waals surface area contributed by atoms with Crippen molar-refractivity contribution >= 4 is 23.1 Å². The van der Waals surface area contributed by atoms with Gasteiger partial charge < -0.3 is 4.57 Å². The van der Waals surface area contributed by atoms with Gasteiger partial charge in [-0.15, -0.1) is 21.5 Å². The summed E-state index contributed by atoms with van der Waals surface area (Å²) >= 11 is 3.33.